The molecule has 1 aromatic carbocycles. The molecule has 154 valence electrons. The van der Waals surface area contributed by atoms with Gasteiger partial charge in [-0.05, 0) is 36.6 Å². The standard InChI is InChI=1S/C19H26N2O6S/c1-3-21(15-7-9-28(24,25)12-15)17(22)11-20-18(19(23)26-2)14-4-5-16-13(10-14)6-8-27-16/h4-5,10,15,18,20H,3,6-9,11-12H2,1-2H3/t15-,18+/m1/s1. The second-order valence-corrected chi connectivity index (χ2v) is 9.27. The summed E-state index contributed by atoms with van der Waals surface area (Å²) in [5.74, 6) is 0.193. The first kappa shape index (κ1) is 20.6. The van der Waals surface area contributed by atoms with Crippen molar-refractivity contribution in [2.45, 2.75) is 31.8 Å². The van der Waals surface area contributed by atoms with Crippen molar-refractivity contribution < 1.29 is 27.5 Å². The number of ether oxygens (including phenoxy) is 2. The van der Waals surface area contributed by atoms with Gasteiger partial charge in [-0.1, -0.05) is 6.07 Å². The summed E-state index contributed by atoms with van der Waals surface area (Å²) in [6, 6.07) is 4.40. The largest absolute Gasteiger partial charge is 0.493 e. The van der Waals surface area contributed by atoms with Crippen LogP contribution in [0.1, 0.15) is 30.5 Å². The molecule has 1 aromatic rings. The molecular weight excluding hydrogens is 384 g/mol. The molecule has 0 bridgehead atoms. The van der Waals surface area contributed by atoms with E-state index < -0.39 is 21.8 Å². The van der Waals surface area contributed by atoms with Gasteiger partial charge in [-0.3, -0.25) is 10.1 Å². The fourth-order valence-electron chi connectivity index (χ4n) is 3.79. The zero-order valence-corrected chi connectivity index (χ0v) is 17.0. The normalized spacial score (nSPS) is 20.9. The van der Waals surface area contributed by atoms with Gasteiger partial charge in [0.25, 0.3) is 0 Å². The average Bonchev–Trinajstić information content (AvgIpc) is 3.27. The first-order valence-corrected chi connectivity index (χ1v) is 11.2. The Kier molecular flexibility index (Phi) is 6.24. The smallest absolute Gasteiger partial charge is 0.327 e. The molecule has 1 N–H and O–H groups in total. The third kappa shape index (κ3) is 4.47. The fraction of sp³-hybridized carbons (Fsp3) is 0.579. The lowest BCUT2D eigenvalue weighted by Crippen LogP contribution is -2.46. The monoisotopic (exact) mass is 410 g/mol. The number of benzene rings is 1. The molecule has 1 saturated heterocycles. The quantitative estimate of drug-likeness (QED) is 0.652. The summed E-state index contributed by atoms with van der Waals surface area (Å²) in [6.07, 6.45) is 1.23. The maximum absolute atomic E-state index is 12.7. The predicted octanol–water partition coefficient (Wildman–Crippen LogP) is 0.461. The van der Waals surface area contributed by atoms with Crippen LogP contribution in [0.4, 0.5) is 0 Å². The van der Waals surface area contributed by atoms with Gasteiger partial charge in [0.15, 0.2) is 9.84 Å². The lowest BCUT2D eigenvalue weighted by Gasteiger charge is -2.28. The van der Waals surface area contributed by atoms with Crippen LogP contribution in [-0.4, -0.2) is 69.5 Å². The van der Waals surface area contributed by atoms with Gasteiger partial charge in [0.2, 0.25) is 5.91 Å². The maximum atomic E-state index is 12.7. The Balaban J connectivity index is 1.69. The Morgan fingerprint density at radius 1 is 1.39 bits per heavy atom. The third-order valence-electron chi connectivity index (χ3n) is 5.25. The molecule has 0 spiro atoms. The van der Waals surface area contributed by atoms with Crippen molar-refractivity contribution >= 4 is 21.7 Å². The number of methoxy groups -OCH3 is 1. The van der Waals surface area contributed by atoms with Crippen LogP contribution < -0.4 is 10.1 Å². The summed E-state index contributed by atoms with van der Waals surface area (Å²) in [5, 5.41) is 2.98. The van der Waals surface area contributed by atoms with E-state index in [1.165, 1.54) is 7.11 Å². The van der Waals surface area contributed by atoms with Crippen LogP contribution in [-0.2, 0) is 30.6 Å². The second-order valence-electron chi connectivity index (χ2n) is 7.04. The molecule has 2 aliphatic heterocycles. The van der Waals surface area contributed by atoms with Crippen LogP contribution in [0.5, 0.6) is 5.75 Å². The zero-order chi connectivity index (χ0) is 20.3. The summed E-state index contributed by atoms with van der Waals surface area (Å²) >= 11 is 0. The molecule has 0 unspecified atom stereocenters. The van der Waals surface area contributed by atoms with E-state index in [-0.39, 0.29) is 30.0 Å². The zero-order valence-electron chi connectivity index (χ0n) is 16.1. The van der Waals surface area contributed by atoms with Crippen molar-refractivity contribution in [1.82, 2.24) is 10.2 Å². The number of nitrogens with zero attached hydrogens (tertiary/aromatic N) is 1. The molecule has 3 rings (SSSR count). The minimum absolute atomic E-state index is 0.00215. The molecule has 8 nitrogen and oxygen atoms in total. The van der Waals surface area contributed by atoms with Crippen molar-refractivity contribution in [3.05, 3.63) is 29.3 Å². The van der Waals surface area contributed by atoms with Crippen molar-refractivity contribution in [3.8, 4) is 5.75 Å². The summed E-state index contributed by atoms with van der Waals surface area (Å²) in [6.45, 7) is 2.77. The molecule has 0 saturated carbocycles. The van der Waals surface area contributed by atoms with Crippen molar-refractivity contribution in [1.29, 1.82) is 0 Å². The average molecular weight is 410 g/mol. The summed E-state index contributed by atoms with van der Waals surface area (Å²) < 4.78 is 33.8. The van der Waals surface area contributed by atoms with Crippen LogP contribution in [0.2, 0.25) is 0 Å². The molecule has 9 heteroatoms. The number of esters is 1. The van der Waals surface area contributed by atoms with E-state index in [2.05, 4.69) is 5.32 Å². The summed E-state index contributed by atoms with van der Waals surface area (Å²) in [5.41, 5.74) is 1.72. The van der Waals surface area contributed by atoms with Gasteiger partial charge in [-0.25, -0.2) is 13.2 Å². The first-order chi connectivity index (χ1) is 13.3. The Morgan fingerprint density at radius 2 is 2.18 bits per heavy atom. The van der Waals surface area contributed by atoms with Crippen molar-refractivity contribution in [2.24, 2.45) is 0 Å². The Hall–Kier alpha value is -2.13. The van der Waals surface area contributed by atoms with Crippen LogP contribution >= 0.6 is 0 Å². The van der Waals surface area contributed by atoms with Gasteiger partial charge in [-0.2, -0.15) is 0 Å². The topological polar surface area (TPSA) is 102 Å². The molecule has 0 aliphatic carbocycles. The minimum Gasteiger partial charge on any atom is -0.493 e. The van der Waals surface area contributed by atoms with Gasteiger partial charge < -0.3 is 14.4 Å². The van der Waals surface area contributed by atoms with E-state index in [1.54, 1.807) is 11.0 Å². The molecule has 0 radical (unpaired) electrons. The summed E-state index contributed by atoms with van der Waals surface area (Å²) in [7, 11) is -1.78. The van der Waals surface area contributed by atoms with Gasteiger partial charge >= 0.3 is 5.97 Å². The number of hydrogen-bond donors (Lipinski definition) is 1. The van der Waals surface area contributed by atoms with E-state index in [9.17, 15) is 18.0 Å². The van der Waals surface area contributed by atoms with Crippen LogP contribution in [0.3, 0.4) is 0 Å². The SMILES string of the molecule is CCN(C(=O)CN[C@H](C(=O)OC)c1ccc2c(c1)CCO2)[C@@H]1CCS(=O)(=O)C1. The Labute approximate surface area is 165 Å². The van der Waals surface area contributed by atoms with Crippen LogP contribution in [0.15, 0.2) is 18.2 Å². The van der Waals surface area contributed by atoms with Gasteiger partial charge in [-0.15, -0.1) is 0 Å². The van der Waals surface area contributed by atoms with Gasteiger partial charge in [0, 0.05) is 19.0 Å². The number of rotatable bonds is 7. The number of carbonyl (C=O) groups excluding carboxylic acids is 2. The number of carbonyl (C=O) groups is 2. The van der Waals surface area contributed by atoms with Crippen LogP contribution in [0, 0.1) is 0 Å². The van der Waals surface area contributed by atoms with Gasteiger partial charge in [0.1, 0.15) is 11.8 Å². The van der Waals surface area contributed by atoms with E-state index in [0.29, 0.717) is 25.1 Å². The lowest BCUT2D eigenvalue weighted by molar-refractivity contribution is -0.143. The number of nitrogens with one attached hydrogen (secondary N) is 1. The highest BCUT2D eigenvalue weighted by molar-refractivity contribution is 7.91. The number of sulfone groups is 1. The highest BCUT2D eigenvalue weighted by Crippen LogP contribution is 2.28. The van der Waals surface area contributed by atoms with E-state index in [1.807, 2.05) is 19.1 Å². The highest BCUT2D eigenvalue weighted by atomic mass is 32.2. The molecule has 2 heterocycles. The number of hydrogen-bond acceptors (Lipinski definition) is 7. The minimum atomic E-state index is -3.08. The number of likely N-dealkylation sites (N-methyl/N-ethyl adjacent to an activating group) is 1. The number of fused-ring (bicyclic) bond motifs is 1. The Morgan fingerprint density at radius 3 is 2.82 bits per heavy atom. The second kappa shape index (κ2) is 8.48. The molecule has 28 heavy (non-hydrogen) atoms. The van der Waals surface area contributed by atoms with Crippen molar-refractivity contribution in [2.75, 3.05) is 38.3 Å². The first-order valence-electron chi connectivity index (χ1n) is 9.41. The predicted molar refractivity (Wildman–Crippen MR) is 103 cm³/mol. The van der Waals surface area contributed by atoms with Crippen molar-refractivity contribution in [3.63, 3.8) is 0 Å². The molecule has 2 aliphatic rings. The van der Waals surface area contributed by atoms with Gasteiger partial charge in [0.05, 0.1) is 31.8 Å². The van der Waals surface area contributed by atoms with Crippen LogP contribution in [0.25, 0.3) is 0 Å². The molecule has 1 fully saturated rings. The molecule has 2 atom stereocenters. The van der Waals surface area contributed by atoms with E-state index >= 15 is 0 Å². The molecule has 1 amide bonds. The number of amides is 1. The van der Waals surface area contributed by atoms with E-state index in [0.717, 1.165) is 17.7 Å². The Bertz CT molecular complexity index is 854. The lowest BCUT2D eigenvalue weighted by atomic mass is 10.0. The third-order valence-corrected chi connectivity index (χ3v) is 7.00. The fourth-order valence-corrected chi connectivity index (χ4v) is 5.52. The molecule has 0 aromatic heterocycles. The molecular formula is C19H26N2O6S. The maximum Gasteiger partial charge on any atom is 0.327 e. The summed E-state index contributed by atoms with van der Waals surface area (Å²) in [4.78, 5) is 26.6. The van der Waals surface area contributed by atoms with E-state index in [4.69, 9.17) is 9.47 Å². The highest BCUT2D eigenvalue weighted by Gasteiger charge is 2.34.